The Labute approximate surface area is 173 Å². The molecule has 0 saturated carbocycles. The van der Waals surface area contributed by atoms with Gasteiger partial charge in [0.1, 0.15) is 18.3 Å². The summed E-state index contributed by atoms with van der Waals surface area (Å²) in [5.41, 5.74) is 8.39. The van der Waals surface area contributed by atoms with E-state index in [2.05, 4.69) is 25.5 Å². The number of H-pyrrole nitrogens is 1. The topological polar surface area (TPSA) is 184 Å². The van der Waals surface area contributed by atoms with Crippen LogP contribution in [0.5, 0.6) is 0 Å². The van der Waals surface area contributed by atoms with E-state index < -0.39 is 36.7 Å². The number of fused-ring (bicyclic) bond motifs is 1. The molecule has 1 aliphatic heterocycles. The quantitative estimate of drug-likeness (QED) is 0.225. The van der Waals surface area contributed by atoms with E-state index in [4.69, 9.17) is 22.1 Å². The van der Waals surface area contributed by atoms with Crippen molar-refractivity contribution in [3.63, 3.8) is 0 Å². The number of nitrogens with zero attached hydrogens (tertiary/aromatic N) is 4. The molecule has 2 aromatic heterocycles. The van der Waals surface area contributed by atoms with Gasteiger partial charge in [-0.3, -0.25) is 14.3 Å². The van der Waals surface area contributed by atoms with Crippen LogP contribution in [0.25, 0.3) is 11.2 Å². The first-order chi connectivity index (χ1) is 14.4. The van der Waals surface area contributed by atoms with Crippen molar-refractivity contribution >= 4 is 40.9 Å². The Morgan fingerprint density at radius 1 is 1.30 bits per heavy atom. The molecule has 4 atom stereocenters. The molecular formula is C17H18ClN7O5. The third-order valence-corrected chi connectivity index (χ3v) is 4.84. The van der Waals surface area contributed by atoms with Crippen LogP contribution in [0, 0.1) is 0 Å². The maximum atomic E-state index is 12.3. The van der Waals surface area contributed by atoms with Crippen LogP contribution in [0.15, 0.2) is 34.2 Å². The number of aliphatic hydroxyl groups excluding tert-OH is 3. The first-order valence-corrected chi connectivity index (χ1v) is 9.21. The summed E-state index contributed by atoms with van der Waals surface area (Å²) in [6, 6.07) is 6.89. The van der Waals surface area contributed by atoms with Gasteiger partial charge in [0, 0.05) is 5.02 Å². The monoisotopic (exact) mass is 435 g/mol. The smallest absolute Gasteiger partial charge is 0.280 e. The maximum Gasteiger partial charge on any atom is 0.280 e. The highest BCUT2D eigenvalue weighted by molar-refractivity contribution is 6.30. The van der Waals surface area contributed by atoms with E-state index in [-0.39, 0.29) is 23.1 Å². The summed E-state index contributed by atoms with van der Waals surface area (Å²) in [6.45, 7) is -0.519. The molecule has 0 radical (unpaired) electrons. The number of aliphatic hydroxyl groups is 3. The Bertz CT molecular complexity index is 1150. The lowest BCUT2D eigenvalue weighted by Crippen LogP contribution is -2.33. The average molecular weight is 436 g/mol. The molecule has 4 rings (SSSR count). The largest absolute Gasteiger partial charge is 0.394 e. The zero-order chi connectivity index (χ0) is 21.4. The molecule has 0 spiro atoms. The van der Waals surface area contributed by atoms with Crippen LogP contribution < -0.4 is 16.7 Å². The van der Waals surface area contributed by atoms with Gasteiger partial charge in [-0.15, -0.1) is 0 Å². The molecule has 0 amide bonds. The predicted molar refractivity (Wildman–Crippen MR) is 108 cm³/mol. The number of aromatic amines is 1. The van der Waals surface area contributed by atoms with Gasteiger partial charge in [-0.05, 0) is 17.7 Å². The molecule has 13 heteroatoms. The van der Waals surface area contributed by atoms with Crippen LogP contribution in [0.4, 0.5) is 11.9 Å². The number of ether oxygens (including phenoxy) is 1. The predicted octanol–water partition coefficient (Wildman–Crippen LogP) is -0.587. The molecule has 0 bridgehead atoms. The summed E-state index contributed by atoms with van der Waals surface area (Å²) in [5.74, 6) is -0.162. The van der Waals surface area contributed by atoms with Crippen molar-refractivity contribution in [2.75, 3.05) is 17.8 Å². The van der Waals surface area contributed by atoms with Crippen LogP contribution in [0.1, 0.15) is 11.8 Å². The molecule has 30 heavy (non-hydrogen) atoms. The van der Waals surface area contributed by atoms with Crippen LogP contribution >= 0.6 is 11.6 Å². The lowest BCUT2D eigenvalue weighted by atomic mass is 10.1. The molecule has 7 N–H and O–H groups in total. The standard InChI is InChI=1S/C17H18ClN7O5/c18-8-3-1-7(2-4-8)5-20-24-17-21-10-13(22-16(19)23-14(10)29)25(17)15-12(28)11(27)9(6-26)30-15/h1-5,9,11-12,15,26-28H,6H2,(H,21,24)(H3,19,22,23,29)/b20-5-/t9-,11+,12-,15-/m0/s1. The van der Waals surface area contributed by atoms with Gasteiger partial charge in [0.15, 0.2) is 17.4 Å². The fourth-order valence-electron chi connectivity index (χ4n) is 3.13. The number of nitrogens with one attached hydrogen (secondary N) is 2. The van der Waals surface area contributed by atoms with Gasteiger partial charge in [-0.25, -0.2) is 10.4 Å². The molecule has 1 aliphatic rings. The van der Waals surface area contributed by atoms with E-state index in [1.807, 2.05) is 0 Å². The van der Waals surface area contributed by atoms with Gasteiger partial charge in [0.2, 0.25) is 11.9 Å². The number of nitrogens with two attached hydrogens (primary N) is 1. The average Bonchev–Trinajstić information content (AvgIpc) is 3.21. The Balaban J connectivity index is 1.75. The Kier molecular flexibility index (Phi) is 5.40. The number of hydrogen-bond acceptors (Lipinski definition) is 10. The summed E-state index contributed by atoms with van der Waals surface area (Å²) in [6.07, 6.45) is -3.54. The lowest BCUT2D eigenvalue weighted by Gasteiger charge is -2.18. The third-order valence-electron chi connectivity index (χ3n) is 4.59. The summed E-state index contributed by atoms with van der Waals surface area (Å²) >= 11 is 5.86. The molecule has 1 aromatic carbocycles. The molecule has 158 valence electrons. The summed E-state index contributed by atoms with van der Waals surface area (Å²) in [5, 5.41) is 34.6. The Morgan fingerprint density at radius 3 is 2.70 bits per heavy atom. The van der Waals surface area contributed by atoms with E-state index in [1.165, 1.54) is 10.8 Å². The second kappa shape index (κ2) is 8.01. The zero-order valence-electron chi connectivity index (χ0n) is 15.3. The van der Waals surface area contributed by atoms with Crippen molar-refractivity contribution in [2.24, 2.45) is 5.10 Å². The van der Waals surface area contributed by atoms with Crippen molar-refractivity contribution in [1.29, 1.82) is 0 Å². The molecular weight excluding hydrogens is 418 g/mol. The maximum absolute atomic E-state index is 12.3. The second-order valence-electron chi connectivity index (χ2n) is 6.58. The summed E-state index contributed by atoms with van der Waals surface area (Å²) < 4.78 is 6.81. The third kappa shape index (κ3) is 3.62. The number of anilines is 2. The molecule has 1 fully saturated rings. The minimum atomic E-state index is -1.43. The zero-order valence-corrected chi connectivity index (χ0v) is 16.1. The van der Waals surface area contributed by atoms with Gasteiger partial charge < -0.3 is 25.8 Å². The molecule has 12 nitrogen and oxygen atoms in total. The highest BCUT2D eigenvalue weighted by atomic mass is 35.5. The Hall–Kier alpha value is -3.03. The first-order valence-electron chi connectivity index (χ1n) is 8.84. The number of halogens is 1. The Morgan fingerprint density at radius 2 is 2.03 bits per heavy atom. The van der Waals surface area contributed by atoms with E-state index in [0.717, 1.165) is 5.56 Å². The van der Waals surface area contributed by atoms with Crippen LogP contribution in [0.3, 0.4) is 0 Å². The highest BCUT2D eigenvalue weighted by Crippen LogP contribution is 2.33. The molecule has 3 heterocycles. The van der Waals surface area contributed by atoms with Crippen LogP contribution in [-0.2, 0) is 4.74 Å². The minimum absolute atomic E-state index is 0.00801. The number of rotatable bonds is 5. The summed E-state index contributed by atoms with van der Waals surface area (Å²) in [7, 11) is 0. The van der Waals surface area contributed by atoms with Crippen LogP contribution in [0.2, 0.25) is 5.02 Å². The number of aromatic nitrogens is 4. The molecule has 0 aliphatic carbocycles. The van der Waals surface area contributed by atoms with Crippen LogP contribution in [-0.4, -0.2) is 66.0 Å². The van der Waals surface area contributed by atoms with Gasteiger partial charge in [-0.1, -0.05) is 23.7 Å². The summed E-state index contributed by atoms with van der Waals surface area (Å²) in [4.78, 5) is 22.8. The van der Waals surface area contributed by atoms with Gasteiger partial charge in [0.25, 0.3) is 5.56 Å². The number of hydrazone groups is 1. The van der Waals surface area contributed by atoms with Crippen molar-refractivity contribution < 1.29 is 20.1 Å². The van der Waals surface area contributed by atoms with Gasteiger partial charge in [0.05, 0.1) is 12.8 Å². The van der Waals surface area contributed by atoms with E-state index in [1.54, 1.807) is 24.3 Å². The van der Waals surface area contributed by atoms with Gasteiger partial charge in [-0.2, -0.15) is 10.1 Å². The SMILES string of the molecule is Nc1nc2c(nc(N/N=C\c3ccc(Cl)cc3)n2[C@H]2O[C@@H](CO)[C@@H](O)[C@@H]2O)c(=O)[nH]1. The molecule has 1 saturated heterocycles. The second-order valence-corrected chi connectivity index (χ2v) is 7.02. The van der Waals surface area contributed by atoms with Gasteiger partial charge >= 0.3 is 0 Å². The fraction of sp³-hybridized carbons (Fsp3) is 0.294. The molecule has 0 unspecified atom stereocenters. The first kappa shape index (κ1) is 20.3. The minimum Gasteiger partial charge on any atom is -0.394 e. The van der Waals surface area contributed by atoms with Crippen molar-refractivity contribution in [3.8, 4) is 0 Å². The van der Waals surface area contributed by atoms with E-state index >= 15 is 0 Å². The van der Waals surface area contributed by atoms with E-state index in [0.29, 0.717) is 5.02 Å². The van der Waals surface area contributed by atoms with E-state index in [9.17, 15) is 20.1 Å². The molecule has 3 aromatic rings. The number of hydrogen-bond donors (Lipinski definition) is 6. The van der Waals surface area contributed by atoms with Crippen molar-refractivity contribution in [3.05, 3.63) is 45.2 Å². The fourth-order valence-corrected chi connectivity index (χ4v) is 3.25. The highest BCUT2D eigenvalue weighted by Gasteiger charge is 2.45. The lowest BCUT2D eigenvalue weighted by molar-refractivity contribution is -0.0501. The van der Waals surface area contributed by atoms with Crippen molar-refractivity contribution in [1.82, 2.24) is 19.5 Å². The number of benzene rings is 1. The number of nitrogen functional groups attached to an aromatic ring is 1. The van der Waals surface area contributed by atoms with Crippen molar-refractivity contribution in [2.45, 2.75) is 24.5 Å². The normalized spacial score (nSPS) is 24.1. The number of imidazole rings is 1.